The van der Waals surface area contributed by atoms with E-state index in [1.54, 1.807) is 30.3 Å². The maximum Gasteiger partial charge on any atom is 0.355 e. The zero-order valence-corrected chi connectivity index (χ0v) is 15.4. The fourth-order valence-electron chi connectivity index (χ4n) is 2.17. The summed E-state index contributed by atoms with van der Waals surface area (Å²) in [5.74, 6) is -0.962. The van der Waals surface area contributed by atoms with Gasteiger partial charge in [0.05, 0.1) is 21.2 Å². The Kier molecular flexibility index (Phi) is 5.82. The highest BCUT2D eigenvalue weighted by Crippen LogP contribution is 2.32. The van der Waals surface area contributed by atoms with Crippen LogP contribution in [0.5, 0.6) is 0 Å². The molecule has 28 heavy (non-hydrogen) atoms. The van der Waals surface area contributed by atoms with Gasteiger partial charge in [0, 0.05) is 6.20 Å². The van der Waals surface area contributed by atoms with Gasteiger partial charge < -0.3 is 5.32 Å². The number of nitrogens with one attached hydrogen (secondary N) is 3. The average Bonchev–Trinajstić information content (AvgIpc) is 2.68. The Hall–Kier alpha value is -3.50. The number of hydrazine groups is 1. The molecule has 0 aliphatic rings. The zero-order valence-electron chi connectivity index (χ0n) is 13.9. The first kappa shape index (κ1) is 19.3. The highest BCUT2D eigenvalue weighted by molar-refractivity contribution is 6.33. The molecule has 3 aromatic rings. The molecule has 3 N–H and O–H groups in total. The topological polar surface area (TPSA) is 135 Å². The predicted octanol–water partition coefficient (Wildman–Crippen LogP) is 3.59. The molecule has 0 fully saturated rings. The molecule has 0 aliphatic carbocycles. The number of aromatic nitrogens is 3. The quantitative estimate of drug-likeness (QED) is 0.313. The Morgan fingerprint density at radius 1 is 1.04 bits per heavy atom. The Morgan fingerprint density at radius 3 is 2.50 bits per heavy atom. The lowest BCUT2D eigenvalue weighted by molar-refractivity contribution is -0.383. The zero-order chi connectivity index (χ0) is 20.1. The van der Waals surface area contributed by atoms with E-state index in [0.717, 1.165) is 6.33 Å². The maximum atomic E-state index is 12.2. The van der Waals surface area contributed by atoms with Gasteiger partial charge in [0.2, 0.25) is 11.6 Å². The van der Waals surface area contributed by atoms with E-state index >= 15 is 0 Å². The molecule has 2 heterocycles. The molecule has 0 radical (unpaired) electrons. The van der Waals surface area contributed by atoms with E-state index in [9.17, 15) is 14.9 Å². The minimum absolute atomic E-state index is 0.108. The van der Waals surface area contributed by atoms with Crippen LogP contribution in [0.3, 0.4) is 0 Å². The first-order valence-electron chi connectivity index (χ1n) is 7.65. The third kappa shape index (κ3) is 4.24. The van der Waals surface area contributed by atoms with Gasteiger partial charge in [-0.25, -0.2) is 15.0 Å². The summed E-state index contributed by atoms with van der Waals surface area (Å²) in [6, 6.07) is 9.53. The predicted molar refractivity (Wildman–Crippen MR) is 104 cm³/mol. The second-order valence-electron chi connectivity index (χ2n) is 5.20. The van der Waals surface area contributed by atoms with Crippen molar-refractivity contribution in [2.75, 3.05) is 10.7 Å². The van der Waals surface area contributed by atoms with Crippen LogP contribution >= 0.6 is 23.2 Å². The van der Waals surface area contributed by atoms with Gasteiger partial charge in [0.25, 0.3) is 5.91 Å². The second kappa shape index (κ2) is 8.46. The van der Waals surface area contributed by atoms with Crippen LogP contribution in [-0.2, 0) is 0 Å². The van der Waals surface area contributed by atoms with Crippen molar-refractivity contribution in [3.8, 4) is 0 Å². The number of anilines is 3. The minimum Gasteiger partial charge on any atom is -0.332 e. The number of carbonyl (C=O) groups is 1. The van der Waals surface area contributed by atoms with Crippen LogP contribution in [0.2, 0.25) is 10.2 Å². The first-order valence-corrected chi connectivity index (χ1v) is 8.40. The van der Waals surface area contributed by atoms with Crippen LogP contribution in [-0.4, -0.2) is 25.8 Å². The normalized spacial score (nSPS) is 10.2. The molecule has 2 aromatic heterocycles. The molecule has 0 saturated carbocycles. The molecule has 142 valence electrons. The van der Waals surface area contributed by atoms with Gasteiger partial charge in [0.15, 0.2) is 5.15 Å². The number of pyridine rings is 1. The van der Waals surface area contributed by atoms with E-state index in [1.807, 2.05) is 0 Å². The molecule has 0 saturated heterocycles. The van der Waals surface area contributed by atoms with Gasteiger partial charge in [-0.3, -0.25) is 25.8 Å². The van der Waals surface area contributed by atoms with E-state index in [4.69, 9.17) is 23.2 Å². The summed E-state index contributed by atoms with van der Waals surface area (Å²) in [7, 11) is 0. The number of nitrogens with zero attached hydrogens (tertiary/aromatic N) is 4. The Bertz CT molecular complexity index is 1050. The van der Waals surface area contributed by atoms with E-state index in [0.29, 0.717) is 5.69 Å². The fourth-order valence-corrected chi connectivity index (χ4v) is 2.56. The monoisotopic (exact) mass is 419 g/mol. The summed E-state index contributed by atoms with van der Waals surface area (Å²) in [6.07, 6.45) is 2.56. The average molecular weight is 420 g/mol. The summed E-state index contributed by atoms with van der Waals surface area (Å²) in [5.41, 5.74) is 4.75. The van der Waals surface area contributed by atoms with Crippen LogP contribution in [0.1, 0.15) is 10.4 Å². The highest BCUT2D eigenvalue weighted by atomic mass is 35.5. The minimum atomic E-state index is -0.698. The lowest BCUT2D eigenvalue weighted by Crippen LogP contribution is -2.30. The van der Waals surface area contributed by atoms with E-state index in [1.165, 1.54) is 12.3 Å². The number of benzene rings is 1. The molecule has 1 amide bonds. The second-order valence-corrected chi connectivity index (χ2v) is 5.97. The third-order valence-electron chi connectivity index (χ3n) is 3.43. The summed E-state index contributed by atoms with van der Waals surface area (Å²) in [6.45, 7) is 0. The van der Waals surface area contributed by atoms with E-state index in [2.05, 4.69) is 31.1 Å². The van der Waals surface area contributed by atoms with Crippen molar-refractivity contribution in [3.63, 3.8) is 0 Å². The van der Waals surface area contributed by atoms with Crippen molar-refractivity contribution in [2.45, 2.75) is 0 Å². The third-order valence-corrected chi connectivity index (χ3v) is 4.06. The Morgan fingerprint density at radius 2 is 1.79 bits per heavy atom. The van der Waals surface area contributed by atoms with Crippen molar-refractivity contribution in [2.24, 2.45) is 0 Å². The lowest BCUT2D eigenvalue weighted by atomic mass is 10.2. The Balaban J connectivity index is 1.85. The summed E-state index contributed by atoms with van der Waals surface area (Å²) < 4.78 is 0. The van der Waals surface area contributed by atoms with Crippen molar-refractivity contribution in [1.29, 1.82) is 0 Å². The van der Waals surface area contributed by atoms with Gasteiger partial charge in [-0.05, 0) is 24.3 Å². The number of halogens is 2. The molecule has 0 aliphatic heterocycles. The fraction of sp³-hybridized carbons (Fsp3) is 0. The molecular formula is C16H11Cl2N7O3. The molecule has 3 rings (SSSR count). The molecule has 0 spiro atoms. The Labute approximate surface area is 168 Å². The van der Waals surface area contributed by atoms with Crippen molar-refractivity contribution >= 4 is 52.1 Å². The first-order chi connectivity index (χ1) is 13.5. The lowest BCUT2D eigenvalue weighted by Gasteiger charge is -2.11. The van der Waals surface area contributed by atoms with Gasteiger partial charge in [-0.15, -0.1) is 0 Å². The highest BCUT2D eigenvalue weighted by Gasteiger charge is 2.24. The number of rotatable bonds is 6. The van der Waals surface area contributed by atoms with Crippen molar-refractivity contribution in [1.82, 2.24) is 20.4 Å². The number of carbonyl (C=O) groups excluding carboxylic acids is 1. The van der Waals surface area contributed by atoms with Crippen LogP contribution in [0.15, 0.2) is 48.9 Å². The van der Waals surface area contributed by atoms with Gasteiger partial charge in [-0.1, -0.05) is 35.3 Å². The van der Waals surface area contributed by atoms with Crippen molar-refractivity contribution in [3.05, 3.63) is 74.8 Å². The largest absolute Gasteiger partial charge is 0.355 e. The molecule has 1 aromatic carbocycles. The number of hydrogen-bond donors (Lipinski definition) is 3. The van der Waals surface area contributed by atoms with Gasteiger partial charge >= 0.3 is 5.69 Å². The van der Waals surface area contributed by atoms with Crippen LogP contribution < -0.4 is 16.2 Å². The summed E-state index contributed by atoms with van der Waals surface area (Å²) in [5, 5.41) is 14.6. The van der Waals surface area contributed by atoms with E-state index < -0.39 is 16.5 Å². The SMILES string of the molecule is O=C(NNc1ncnc(Nc2cccnc2Cl)c1[N+](=O)[O-])c1ccccc1Cl. The van der Waals surface area contributed by atoms with Crippen LogP contribution in [0, 0.1) is 10.1 Å². The van der Waals surface area contributed by atoms with Gasteiger partial charge in [-0.2, -0.15) is 0 Å². The number of amides is 1. The maximum absolute atomic E-state index is 12.2. The molecule has 10 nitrogen and oxygen atoms in total. The molecule has 0 bridgehead atoms. The van der Waals surface area contributed by atoms with Crippen molar-refractivity contribution < 1.29 is 9.72 Å². The van der Waals surface area contributed by atoms with Crippen LogP contribution in [0.25, 0.3) is 0 Å². The molecular weight excluding hydrogens is 409 g/mol. The standard InChI is InChI=1S/C16H11Cl2N7O3/c17-10-5-2-1-4-9(10)16(26)24-23-15-12(25(27)28)14(20-8-21-15)22-11-6-3-7-19-13(11)18/h1-8H,(H,24,26)(H2,20,21,22,23). The smallest absolute Gasteiger partial charge is 0.332 e. The number of hydrogen-bond acceptors (Lipinski definition) is 8. The van der Waals surface area contributed by atoms with Crippen LogP contribution in [0.4, 0.5) is 23.0 Å². The van der Waals surface area contributed by atoms with Gasteiger partial charge in [0.1, 0.15) is 6.33 Å². The summed E-state index contributed by atoms with van der Waals surface area (Å²) in [4.78, 5) is 34.6. The molecule has 12 heteroatoms. The summed E-state index contributed by atoms with van der Waals surface area (Å²) >= 11 is 11.9. The number of nitro groups is 1. The van der Waals surface area contributed by atoms with E-state index in [-0.39, 0.29) is 27.4 Å². The molecule has 0 atom stereocenters. The molecule has 0 unspecified atom stereocenters.